The first-order valence-electron chi connectivity index (χ1n) is 7.26. The maximum atomic E-state index is 12.5. The first kappa shape index (κ1) is 14.3. The van der Waals surface area contributed by atoms with Crippen molar-refractivity contribution in [2.45, 2.75) is 19.9 Å². The van der Waals surface area contributed by atoms with Crippen molar-refractivity contribution in [3.63, 3.8) is 0 Å². The fourth-order valence-corrected chi connectivity index (χ4v) is 2.33. The van der Waals surface area contributed by atoms with Crippen LogP contribution in [0.3, 0.4) is 0 Å². The molecular formula is C14H18N6O2. The van der Waals surface area contributed by atoms with Crippen LogP contribution < -0.4 is 5.32 Å². The predicted molar refractivity (Wildman–Crippen MR) is 79.6 cm³/mol. The zero-order valence-corrected chi connectivity index (χ0v) is 12.6. The van der Waals surface area contributed by atoms with Gasteiger partial charge in [-0.2, -0.15) is 10.2 Å². The minimum absolute atomic E-state index is 0.149. The predicted octanol–water partition coefficient (Wildman–Crippen LogP) is 0.735. The number of hydrogen-bond acceptors (Lipinski definition) is 4. The molecule has 22 heavy (non-hydrogen) atoms. The molecule has 0 unspecified atom stereocenters. The van der Waals surface area contributed by atoms with Crippen LogP contribution in [0.25, 0.3) is 0 Å². The molecule has 1 aliphatic rings. The average Bonchev–Trinajstić information content (AvgIpc) is 3.03. The van der Waals surface area contributed by atoms with Crippen LogP contribution in [0, 0.1) is 0 Å². The number of aromatic nitrogens is 4. The molecule has 1 aliphatic heterocycles. The molecule has 2 aromatic rings. The Kier molecular flexibility index (Phi) is 3.66. The second-order valence-electron chi connectivity index (χ2n) is 5.19. The van der Waals surface area contributed by atoms with Crippen molar-refractivity contribution >= 4 is 17.6 Å². The van der Waals surface area contributed by atoms with Crippen molar-refractivity contribution in [1.29, 1.82) is 0 Å². The third-order valence-electron chi connectivity index (χ3n) is 3.73. The Hall–Kier alpha value is -2.64. The number of hydrogen-bond donors (Lipinski definition) is 1. The van der Waals surface area contributed by atoms with Gasteiger partial charge in [-0.25, -0.2) is 0 Å². The maximum absolute atomic E-state index is 12.5. The summed E-state index contributed by atoms with van der Waals surface area (Å²) in [7, 11) is 1.65. The first-order chi connectivity index (χ1) is 10.6. The summed E-state index contributed by atoms with van der Waals surface area (Å²) < 4.78 is 3.13. The maximum Gasteiger partial charge on any atom is 0.275 e. The molecule has 0 spiro atoms. The molecule has 0 aliphatic carbocycles. The molecule has 2 aromatic heterocycles. The van der Waals surface area contributed by atoms with Gasteiger partial charge < -0.3 is 10.2 Å². The number of carbonyl (C=O) groups is 2. The highest BCUT2D eigenvalue weighted by atomic mass is 16.2. The lowest BCUT2D eigenvalue weighted by molar-refractivity contribution is 0.0648. The van der Waals surface area contributed by atoms with Gasteiger partial charge in [0.05, 0.1) is 11.8 Å². The van der Waals surface area contributed by atoms with Gasteiger partial charge in [-0.1, -0.05) is 0 Å². The van der Waals surface area contributed by atoms with E-state index in [4.69, 9.17) is 0 Å². The summed E-state index contributed by atoms with van der Waals surface area (Å²) in [6.07, 6.45) is 4.23. The van der Waals surface area contributed by atoms with Crippen LogP contribution in [0.4, 0.5) is 5.82 Å². The van der Waals surface area contributed by atoms with E-state index in [1.807, 2.05) is 6.92 Å². The molecule has 0 aromatic carbocycles. The van der Waals surface area contributed by atoms with Crippen molar-refractivity contribution < 1.29 is 9.59 Å². The van der Waals surface area contributed by atoms with Gasteiger partial charge in [0.2, 0.25) is 0 Å². The van der Waals surface area contributed by atoms with Crippen molar-refractivity contribution in [2.24, 2.45) is 7.05 Å². The minimum atomic E-state index is -0.384. The Labute approximate surface area is 127 Å². The molecule has 8 nitrogen and oxygen atoms in total. The monoisotopic (exact) mass is 302 g/mol. The molecule has 3 rings (SSSR count). The van der Waals surface area contributed by atoms with Crippen LogP contribution in [0.1, 0.15) is 34.2 Å². The number of aryl methyl sites for hydroxylation is 2. The summed E-state index contributed by atoms with van der Waals surface area (Å²) in [5.74, 6) is -0.0794. The third-order valence-corrected chi connectivity index (χ3v) is 3.73. The topological polar surface area (TPSA) is 85.0 Å². The molecule has 0 radical (unpaired) electrons. The van der Waals surface area contributed by atoms with E-state index in [0.29, 0.717) is 11.4 Å². The fraction of sp³-hybridized carbons (Fsp3) is 0.429. The molecule has 8 heteroatoms. The Morgan fingerprint density at radius 1 is 1.36 bits per heavy atom. The highest BCUT2D eigenvalue weighted by molar-refractivity contribution is 6.10. The lowest BCUT2D eigenvalue weighted by Gasteiger charge is -2.30. The van der Waals surface area contributed by atoms with Crippen LogP contribution in [-0.2, 0) is 13.6 Å². The first-order valence-corrected chi connectivity index (χ1v) is 7.26. The van der Waals surface area contributed by atoms with E-state index in [9.17, 15) is 9.59 Å². The molecule has 1 N–H and O–H groups in total. The summed E-state index contributed by atoms with van der Waals surface area (Å²) in [5, 5.41) is 11.0. The molecule has 2 amide bonds. The van der Waals surface area contributed by atoms with Crippen LogP contribution in [0.2, 0.25) is 0 Å². The summed E-state index contributed by atoms with van der Waals surface area (Å²) in [5.41, 5.74) is 0.581. The van der Waals surface area contributed by atoms with E-state index in [1.165, 1.54) is 10.9 Å². The van der Waals surface area contributed by atoms with E-state index in [1.54, 1.807) is 28.9 Å². The van der Waals surface area contributed by atoms with Crippen LogP contribution in [-0.4, -0.2) is 49.4 Å². The zero-order chi connectivity index (χ0) is 15.7. The van der Waals surface area contributed by atoms with Crippen LogP contribution >= 0.6 is 0 Å². The van der Waals surface area contributed by atoms with Crippen molar-refractivity contribution in [2.75, 3.05) is 18.4 Å². The number of nitrogens with zero attached hydrogens (tertiary/aromatic N) is 5. The van der Waals surface area contributed by atoms with Gasteiger partial charge in [0.1, 0.15) is 5.69 Å². The molecule has 0 atom stereocenters. The molecular weight excluding hydrogens is 284 g/mol. The number of amides is 2. The summed E-state index contributed by atoms with van der Waals surface area (Å²) >= 11 is 0. The van der Waals surface area contributed by atoms with Gasteiger partial charge in [0, 0.05) is 38.9 Å². The number of carbonyl (C=O) groups excluding carboxylic acids is 2. The smallest absolute Gasteiger partial charge is 0.275 e. The van der Waals surface area contributed by atoms with E-state index < -0.39 is 0 Å². The SMILES string of the molecule is CCn1ccc(NC(=O)c2c(C(=O)N3CCC3)cnn2C)n1. The largest absolute Gasteiger partial charge is 0.338 e. The van der Waals surface area contributed by atoms with Gasteiger partial charge in [0.15, 0.2) is 5.82 Å². The van der Waals surface area contributed by atoms with E-state index in [0.717, 1.165) is 26.1 Å². The lowest BCUT2D eigenvalue weighted by Crippen LogP contribution is -2.42. The van der Waals surface area contributed by atoms with Crippen LogP contribution in [0.5, 0.6) is 0 Å². The summed E-state index contributed by atoms with van der Waals surface area (Å²) in [6.45, 7) is 4.15. The Morgan fingerprint density at radius 3 is 2.73 bits per heavy atom. The molecule has 0 bridgehead atoms. The highest BCUT2D eigenvalue weighted by Crippen LogP contribution is 2.17. The van der Waals surface area contributed by atoms with E-state index in [-0.39, 0.29) is 17.5 Å². The van der Waals surface area contributed by atoms with Crippen molar-refractivity contribution in [3.05, 3.63) is 29.7 Å². The third kappa shape index (κ3) is 2.47. The fourth-order valence-electron chi connectivity index (χ4n) is 2.33. The molecule has 116 valence electrons. The number of likely N-dealkylation sites (tertiary alicyclic amines) is 1. The van der Waals surface area contributed by atoms with Crippen molar-refractivity contribution in [1.82, 2.24) is 24.5 Å². The number of rotatable bonds is 4. The second-order valence-corrected chi connectivity index (χ2v) is 5.19. The van der Waals surface area contributed by atoms with Crippen LogP contribution in [0.15, 0.2) is 18.5 Å². The Morgan fingerprint density at radius 2 is 2.14 bits per heavy atom. The zero-order valence-electron chi connectivity index (χ0n) is 12.6. The molecule has 1 saturated heterocycles. The van der Waals surface area contributed by atoms with Gasteiger partial charge in [-0.05, 0) is 13.3 Å². The average molecular weight is 302 g/mol. The van der Waals surface area contributed by atoms with Gasteiger partial charge in [0.25, 0.3) is 11.8 Å². The number of nitrogens with one attached hydrogen (secondary N) is 1. The van der Waals surface area contributed by atoms with Gasteiger partial charge >= 0.3 is 0 Å². The van der Waals surface area contributed by atoms with Crippen molar-refractivity contribution in [3.8, 4) is 0 Å². The van der Waals surface area contributed by atoms with Gasteiger partial charge in [-0.3, -0.25) is 19.0 Å². The van der Waals surface area contributed by atoms with E-state index >= 15 is 0 Å². The summed E-state index contributed by atoms with van der Waals surface area (Å²) in [6, 6.07) is 1.72. The van der Waals surface area contributed by atoms with E-state index in [2.05, 4.69) is 15.5 Å². The quantitative estimate of drug-likeness (QED) is 0.902. The molecule has 1 fully saturated rings. The highest BCUT2D eigenvalue weighted by Gasteiger charge is 2.28. The summed E-state index contributed by atoms with van der Waals surface area (Å²) in [4.78, 5) is 26.5. The molecule has 0 saturated carbocycles. The standard InChI is InChI=1S/C14H18N6O2/c1-3-20-8-5-11(17-20)16-13(21)12-10(9-15-18(12)2)14(22)19-6-4-7-19/h5,8-9H,3-4,6-7H2,1-2H3,(H,16,17,21). The Balaban J connectivity index is 1.82. The van der Waals surface area contributed by atoms with Gasteiger partial charge in [-0.15, -0.1) is 0 Å². The minimum Gasteiger partial charge on any atom is -0.338 e. The molecule has 3 heterocycles. The normalized spacial score (nSPS) is 13.8. The Bertz CT molecular complexity index is 713. The lowest BCUT2D eigenvalue weighted by atomic mass is 10.1. The number of anilines is 1. The second kappa shape index (κ2) is 5.63.